The van der Waals surface area contributed by atoms with Crippen molar-refractivity contribution in [3.05, 3.63) is 237 Å². The third-order valence-electron chi connectivity index (χ3n) is 13.0. The van der Waals surface area contributed by atoms with Gasteiger partial charge in [0.25, 0.3) is 0 Å². The zero-order valence-corrected chi connectivity index (χ0v) is 36.6. The van der Waals surface area contributed by atoms with E-state index in [0.717, 1.165) is 44.8 Å². The van der Waals surface area contributed by atoms with Crippen LogP contribution in [-0.4, -0.2) is 14.5 Å². The largest absolute Gasteiger partial charge is 0.309 e. The molecule has 3 nitrogen and oxygen atoms in total. The first-order valence-electron chi connectivity index (χ1n) is 22.4. The third kappa shape index (κ3) is 6.61. The highest BCUT2D eigenvalue weighted by molar-refractivity contribution is 7.99. The van der Waals surface area contributed by atoms with Crippen LogP contribution < -0.4 is 0 Å². The van der Waals surface area contributed by atoms with Gasteiger partial charge >= 0.3 is 0 Å². The van der Waals surface area contributed by atoms with Crippen LogP contribution in [0.4, 0.5) is 0 Å². The van der Waals surface area contributed by atoms with Crippen molar-refractivity contribution < 1.29 is 0 Å². The lowest BCUT2D eigenvalue weighted by Crippen LogP contribution is -1.98. The number of hydrogen-bond acceptors (Lipinski definition) is 3. The minimum atomic E-state index is 0.702. The van der Waals surface area contributed by atoms with E-state index >= 15 is 0 Å². The molecule has 308 valence electrons. The maximum atomic E-state index is 5.18. The lowest BCUT2D eigenvalue weighted by atomic mass is 9.93. The van der Waals surface area contributed by atoms with Crippen LogP contribution in [0.25, 0.3) is 117 Å². The molecule has 0 fully saturated rings. The molecule has 2 aromatic heterocycles. The summed E-state index contributed by atoms with van der Waals surface area (Å²) in [5, 5.41) is 5.04. The molecule has 1 aliphatic rings. The summed E-state index contributed by atoms with van der Waals surface area (Å²) in [5.41, 5.74) is 18.0. The van der Waals surface area contributed by atoms with E-state index in [0.29, 0.717) is 5.82 Å². The van der Waals surface area contributed by atoms with Gasteiger partial charge in [-0.1, -0.05) is 182 Å². The van der Waals surface area contributed by atoms with E-state index in [1.165, 1.54) is 75.8 Å². The highest BCUT2D eigenvalue weighted by Gasteiger charge is 2.21. The molecule has 0 saturated carbocycles. The Labute approximate surface area is 387 Å². The maximum absolute atomic E-state index is 5.18. The summed E-state index contributed by atoms with van der Waals surface area (Å²) in [5.74, 6) is 0.702. The first kappa shape index (κ1) is 38.2. The summed E-state index contributed by atoms with van der Waals surface area (Å²) in [6, 6.07) is 85.3. The van der Waals surface area contributed by atoms with Crippen molar-refractivity contribution in [1.82, 2.24) is 14.5 Å². The Kier molecular flexibility index (Phi) is 9.10. The number of aromatic nitrogens is 3. The third-order valence-corrected chi connectivity index (χ3v) is 14.1. The Morgan fingerprint density at radius 1 is 0.318 bits per heavy atom. The number of rotatable bonds is 7. The topological polar surface area (TPSA) is 30.7 Å². The van der Waals surface area contributed by atoms with Crippen LogP contribution >= 0.6 is 11.8 Å². The minimum absolute atomic E-state index is 0.702. The quantitative estimate of drug-likeness (QED) is 0.160. The Morgan fingerprint density at radius 3 is 1.56 bits per heavy atom. The van der Waals surface area contributed by atoms with Gasteiger partial charge in [-0.3, -0.25) is 0 Å². The summed E-state index contributed by atoms with van der Waals surface area (Å²) in [4.78, 5) is 12.9. The lowest BCUT2D eigenvalue weighted by Gasteiger charge is -2.21. The van der Waals surface area contributed by atoms with Crippen LogP contribution in [-0.2, 0) is 0 Å². The highest BCUT2D eigenvalue weighted by atomic mass is 32.2. The SMILES string of the molecule is c1ccc(-c2ccc3c(c2)c2cc(-c4cccc(-c5ccc6c(c5)-c5cccc7cccc(c57)S6)c4)ccc2n3-c2cccc(-c3cc(-c4ccccc4)nc(-c4ccccc4)n3)c2)cc1. The van der Waals surface area contributed by atoms with Crippen molar-refractivity contribution >= 4 is 44.3 Å². The summed E-state index contributed by atoms with van der Waals surface area (Å²) in [6.45, 7) is 0. The van der Waals surface area contributed by atoms with Gasteiger partial charge in [-0.05, 0) is 117 Å². The fourth-order valence-corrected chi connectivity index (χ4v) is 10.9. The van der Waals surface area contributed by atoms with Gasteiger partial charge in [-0.15, -0.1) is 0 Å². The molecular formula is C62H39N3S. The molecular weight excluding hydrogens is 819 g/mol. The summed E-state index contributed by atoms with van der Waals surface area (Å²) in [6.07, 6.45) is 0. The van der Waals surface area contributed by atoms with Gasteiger partial charge in [0, 0.05) is 48.3 Å². The number of benzene rings is 10. The smallest absolute Gasteiger partial charge is 0.160 e. The van der Waals surface area contributed by atoms with Crippen molar-refractivity contribution in [3.63, 3.8) is 0 Å². The molecule has 3 heterocycles. The Balaban J connectivity index is 0.939. The molecule has 1 aliphatic heterocycles. The van der Waals surface area contributed by atoms with Crippen molar-refractivity contribution in [2.75, 3.05) is 0 Å². The fraction of sp³-hybridized carbons (Fsp3) is 0. The van der Waals surface area contributed by atoms with Crippen LogP contribution in [0.15, 0.2) is 246 Å². The van der Waals surface area contributed by atoms with E-state index in [2.05, 4.69) is 217 Å². The average Bonchev–Trinajstić information content (AvgIpc) is 3.72. The maximum Gasteiger partial charge on any atom is 0.160 e. The summed E-state index contributed by atoms with van der Waals surface area (Å²) >= 11 is 1.87. The molecule has 0 amide bonds. The molecule has 0 atom stereocenters. The molecule has 0 bridgehead atoms. The van der Waals surface area contributed by atoms with Gasteiger partial charge in [0.2, 0.25) is 0 Å². The molecule has 0 aliphatic carbocycles. The zero-order valence-electron chi connectivity index (χ0n) is 35.8. The number of hydrogen-bond donors (Lipinski definition) is 0. The second-order valence-electron chi connectivity index (χ2n) is 17.0. The van der Waals surface area contributed by atoms with E-state index in [9.17, 15) is 0 Å². The van der Waals surface area contributed by atoms with Gasteiger partial charge in [0.05, 0.1) is 22.4 Å². The molecule has 66 heavy (non-hydrogen) atoms. The standard InChI is InChI=1S/C62H39N3S/c1-4-14-40(15-5-1)46-28-31-57-52(36-46)53-37-47(44-22-10-23-45(34-44)48-30-33-59-54(38-48)51-26-12-20-42-21-13-27-60(66-59)61(42)51)29-32-58(53)65(57)50-25-11-24-49(35-50)56-39-55(41-16-6-2-7-17-41)63-62(64-56)43-18-8-3-9-19-43/h1-39H. The first-order valence-corrected chi connectivity index (χ1v) is 23.2. The zero-order chi connectivity index (χ0) is 43.6. The monoisotopic (exact) mass is 857 g/mol. The van der Waals surface area contributed by atoms with Crippen LogP contribution in [0.1, 0.15) is 0 Å². The second kappa shape index (κ2) is 15.7. The number of nitrogens with zero attached hydrogens (tertiary/aromatic N) is 3. The molecule has 0 radical (unpaired) electrons. The van der Waals surface area contributed by atoms with Gasteiger partial charge in [-0.2, -0.15) is 0 Å². The molecule has 10 aromatic carbocycles. The summed E-state index contributed by atoms with van der Waals surface area (Å²) < 4.78 is 2.41. The molecule has 0 unspecified atom stereocenters. The van der Waals surface area contributed by atoms with Gasteiger partial charge in [0.15, 0.2) is 5.82 Å². The highest BCUT2D eigenvalue weighted by Crippen LogP contribution is 2.49. The fourth-order valence-electron chi connectivity index (χ4n) is 9.79. The van der Waals surface area contributed by atoms with Gasteiger partial charge in [0.1, 0.15) is 0 Å². The Bertz CT molecular complexity index is 3770. The van der Waals surface area contributed by atoms with Crippen LogP contribution in [0.2, 0.25) is 0 Å². The Morgan fingerprint density at radius 2 is 0.848 bits per heavy atom. The first-order chi connectivity index (χ1) is 32.7. The molecule has 0 N–H and O–H groups in total. The van der Waals surface area contributed by atoms with Crippen molar-refractivity contribution in [2.45, 2.75) is 9.79 Å². The molecule has 0 saturated heterocycles. The van der Waals surface area contributed by atoms with Crippen molar-refractivity contribution in [3.8, 4) is 84.1 Å². The van der Waals surface area contributed by atoms with E-state index in [-0.39, 0.29) is 0 Å². The van der Waals surface area contributed by atoms with E-state index in [1.54, 1.807) is 0 Å². The van der Waals surface area contributed by atoms with Crippen LogP contribution in [0.3, 0.4) is 0 Å². The normalized spacial score (nSPS) is 11.9. The minimum Gasteiger partial charge on any atom is -0.309 e. The second-order valence-corrected chi connectivity index (χ2v) is 18.0. The van der Waals surface area contributed by atoms with Crippen LogP contribution in [0, 0.1) is 0 Å². The van der Waals surface area contributed by atoms with E-state index in [4.69, 9.17) is 9.97 Å². The van der Waals surface area contributed by atoms with E-state index < -0.39 is 0 Å². The molecule has 13 rings (SSSR count). The van der Waals surface area contributed by atoms with E-state index in [1.807, 2.05) is 36.0 Å². The molecule has 4 heteroatoms. The summed E-state index contributed by atoms with van der Waals surface area (Å²) in [7, 11) is 0. The van der Waals surface area contributed by atoms with Gasteiger partial charge in [-0.25, -0.2) is 9.97 Å². The van der Waals surface area contributed by atoms with Crippen molar-refractivity contribution in [1.29, 1.82) is 0 Å². The average molecular weight is 858 g/mol. The number of fused-ring (bicyclic) bond motifs is 5. The predicted octanol–water partition coefficient (Wildman–Crippen LogP) is 16.9. The molecule has 0 spiro atoms. The lowest BCUT2D eigenvalue weighted by molar-refractivity contribution is 1.16. The predicted molar refractivity (Wildman–Crippen MR) is 276 cm³/mol. The van der Waals surface area contributed by atoms with Crippen molar-refractivity contribution in [2.24, 2.45) is 0 Å². The van der Waals surface area contributed by atoms with Gasteiger partial charge < -0.3 is 4.57 Å². The Hall–Kier alpha value is -8.31. The van der Waals surface area contributed by atoms with Crippen LogP contribution in [0.5, 0.6) is 0 Å². The molecule has 12 aromatic rings.